The van der Waals surface area contributed by atoms with E-state index in [4.69, 9.17) is 9.47 Å². The van der Waals surface area contributed by atoms with Gasteiger partial charge in [-0.25, -0.2) is 9.59 Å². The van der Waals surface area contributed by atoms with Gasteiger partial charge in [0, 0.05) is 17.6 Å². The molecular formula is C20H24F3N3O5. The van der Waals surface area contributed by atoms with Gasteiger partial charge >= 0.3 is 12.3 Å². The van der Waals surface area contributed by atoms with E-state index in [0.717, 1.165) is 23.1 Å². The van der Waals surface area contributed by atoms with Crippen molar-refractivity contribution in [2.75, 3.05) is 4.90 Å². The quantitative estimate of drug-likeness (QED) is 0.552. The third-order valence-corrected chi connectivity index (χ3v) is 4.17. The summed E-state index contributed by atoms with van der Waals surface area (Å²) >= 11 is 0. The fourth-order valence-corrected chi connectivity index (χ4v) is 2.89. The highest BCUT2D eigenvalue weighted by Gasteiger charge is 2.46. The van der Waals surface area contributed by atoms with Crippen molar-refractivity contribution in [3.8, 4) is 0 Å². The van der Waals surface area contributed by atoms with Crippen molar-refractivity contribution in [2.24, 2.45) is 4.99 Å². The number of anilines is 1. The molecule has 8 nitrogen and oxygen atoms in total. The predicted molar refractivity (Wildman–Crippen MR) is 104 cm³/mol. The van der Waals surface area contributed by atoms with Crippen molar-refractivity contribution in [1.29, 1.82) is 0 Å². The smallest absolute Gasteiger partial charge is 0.410 e. The summed E-state index contributed by atoms with van der Waals surface area (Å²) in [5.74, 6) is -0.862. The normalized spacial score (nSPS) is 19.7. The highest BCUT2D eigenvalue weighted by Crippen LogP contribution is 2.36. The molecule has 31 heavy (non-hydrogen) atoms. The number of benzene rings is 1. The van der Waals surface area contributed by atoms with Crippen molar-refractivity contribution >= 4 is 23.8 Å². The van der Waals surface area contributed by atoms with Crippen LogP contribution < -0.4 is 10.2 Å². The minimum absolute atomic E-state index is 0.0645. The van der Waals surface area contributed by atoms with Gasteiger partial charge < -0.3 is 14.8 Å². The van der Waals surface area contributed by atoms with Crippen LogP contribution in [0.1, 0.15) is 46.6 Å². The Kier molecular flexibility index (Phi) is 6.82. The summed E-state index contributed by atoms with van der Waals surface area (Å²) in [6.45, 7) is 8.23. The number of amides is 2. The third kappa shape index (κ3) is 6.53. The molecule has 0 spiro atoms. The van der Waals surface area contributed by atoms with Crippen LogP contribution in [0, 0.1) is 0 Å². The second-order valence-electron chi connectivity index (χ2n) is 8.68. The minimum Gasteiger partial charge on any atom is -0.410 e. The minimum atomic E-state index is -4.63. The third-order valence-electron chi connectivity index (χ3n) is 4.17. The predicted octanol–water partition coefficient (Wildman–Crippen LogP) is 3.75. The molecule has 0 bridgehead atoms. The Balaban J connectivity index is 2.38. The van der Waals surface area contributed by atoms with Gasteiger partial charge in [-0.1, -0.05) is 6.07 Å². The zero-order valence-electron chi connectivity index (χ0n) is 17.7. The van der Waals surface area contributed by atoms with Crippen molar-refractivity contribution < 1.29 is 37.0 Å². The first kappa shape index (κ1) is 24.4. The number of carbonyl (C=O) groups is 2. The van der Waals surface area contributed by atoms with Crippen molar-refractivity contribution in [3.63, 3.8) is 0 Å². The van der Waals surface area contributed by atoms with Crippen LogP contribution in [-0.4, -0.2) is 41.7 Å². The van der Waals surface area contributed by atoms with Crippen LogP contribution in [0.3, 0.4) is 0 Å². The van der Waals surface area contributed by atoms with Crippen LogP contribution in [0.4, 0.5) is 23.7 Å². The number of nitrogens with one attached hydrogen (secondary N) is 1. The van der Waals surface area contributed by atoms with Crippen molar-refractivity contribution in [3.05, 3.63) is 29.8 Å². The molecule has 0 aliphatic carbocycles. The SMILES string of the molecule is CC(C)(CC1OC(OC(=O)NC(C)(C)C)C(=O)N1c1cccc(C(F)(F)F)c1)N=C=O. The van der Waals surface area contributed by atoms with E-state index in [-0.39, 0.29) is 12.1 Å². The van der Waals surface area contributed by atoms with Crippen LogP contribution in [0.2, 0.25) is 0 Å². The largest absolute Gasteiger partial charge is 0.416 e. The van der Waals surface area contributed by atoms with E-state index in [0.29, 0.717) is 0 Å². The summed E-state index contributed by atoms with van der Waals surface area (Å²) in [6, 6.07) is 4.11. The molecule has 2 unspecified atom stereocenters. The average Bonchev–Trinajstić information content (AvgIpc) is 2.86. The summed E-state index contributed by atoms with van der Waals surface area (Å²) in [4.78, 5) is 40.3. The monoisotopic (exact) mass is 443 g/mol. The summed E-state index contributed by atoms with van der Waals surface area (Å²) in [5, 5.41) is 2.50. The Morgan fingerprint density at radius 1 is 1.26 bits per heavy atom. The number of hydrogen-bond acceptors (Lipinski definition) is 6. The van der Waals surface area contributed by atoms with Crippen LogP contribution >= 0.6 is 0 Å². The fraction of sp³-hybridized carbons (Fsp3) is 0.550. The van der Waals surface area contributed by atoms with Crippen molar-refractivity contribution in [2.45, 2.75) is 70.8 Å². The molecular weight excluding hydrogens is 419 g/mol. The first-order chi connectivity index (χ1) is 14.1. The van der Waals surface area contributed by atoms with Gasteiger partial charge in [0.1, 0.15) is 6.23 Å². The second-order valence-corrected chi connectivity index (χ2v) is 8.68. The molecule has 0 radical (unpaired) electrons. The lowest BCUT2D eigenvalue weighted by atomic mass is 10.00. The van der Waals surface area contributed by atoms with Gasteiger partial charge in [-0.3, -0.25) is 9.69 Å². The number of halogens is 3. The number of carbonyl (C=O) groups excluding carboxylic acids is 3. The van der Waals surface area contributed by atoms with Gasteiger partial charge in [0.15, 0.2) is 0 Å². The Morgan fingerprint density at radius 2 is 1.90 bits per heavy atom. The summed E-state index contributed by atoms with van der Waals surface area (Å²) in [6.07, 6.45) is -7.03. The number of hydrogen-bond donors (Lipinski definition) is 1. The van der Waals surface area contributed by atoms with E-state index in [9.17, 15) is 27.6 Å². The molecule has 1 fully saturated rings. The van der Waals surface area contributed by atoms with E-state index in [2.05, 4.69) is 10.3 Å². The topological polar surface area (TPSA) is 97.3 Å². The first-order valence-electron chi connectivity index (χ1n) is 9.37. The van der Waals surface area contributed by atoms with Gasteiger partial charge in [0.05, 0.1) is 11.1 Å². The first-order valence-corrected chi connectivity index (χ1v) is 9.37. The van der Waals surface area contributed by atoms with E-state index in [1.807, 2.05) is 0 Å². The number of rotatable bonds is 5. The summed E-state index contributed by atoms with van der Waals surface area (Å²) in [7, 11) is 0. The molecule has 1 aliphatic rings. The van der Waals surface area contributed by atoms with Crippen LogP contribution in [0.25, 0.3) is 0 Å². The van der Waals surface area contributed by atoms with Crippen molar-refractivity contribution in [1.82, 2.24) is 5.32 Å². The van der Waals surface area contributed by atoms with E-state index >= 15 is 0 Å². The fourth-order valence-electron chi connectivity index (χ4n) is 2.89. The molecule has 1 heterocycles. The Morgan fingerprint density at radius 3 is 2.45 bits per heavy atom. The molecule has 11 heteroatoms. The maximum absolute atomic E-state index is 13.2. The molecule has 0 aromatic heterocycles. The Labute approximate surface area is 177 Å². The highest BCUT2D eigenvalue weighted by atomic mass is 19.4. The number of nitrogens with zero attached hydrogens (tertiary/aromatic N) is 2. The summed E-state index contributed by atoms with van der Waals surface area (Å²) < 4.78 is 50.1. The van der Waals surface area contributed by atoms with E-state index in [1.54, 1.807) is 34.6 Å². The maximum Gasteiger partial charge on any atom is 0.416 e. The van der Waals surface area contributed by atoms with Gasteiger partial charge in [0.2, 0.25) is 6.08 Å². The second kappa shape index (κ2) is 8.68. The van der Waals surface area contributed by atoms with Gasteiger partial charge in [-0.05, 0) is 52.8 Å². The van der Waals surface area contributed by atoms with Crippen LogP contribution in [-0.2, 0) is 25.2 Å². The van der Waals surface area contributed by atoms with Crippen LogP contribution in [0.15, 0.2) is 29.3 Å². The molecule has 1 N–H and O–H groups in total. The average molecular weight is 443 g/mol. The number of alkyl carbamates (subject to hydrolysis) is 1. The standard InChI is InChI=1S/C20H24F3N3O5/c1-18(2,3)25-17(29)31-16-15(28)26(14(30-16)10-19(4,5)24-11-27)13-8-6-7-12(9-13)20(21,22)23/h6-9,14,16H,10H2,1-5H3,(H,25,29). The van der Waals surface area contributed by atoms with Crippen LogP contribution in [0.5, 0.6) is 0 Å². The lowest BCUT2D eigenvalue weighted by Gasteiger charge is -2.28. The number of aliphatic imine (C=N–C) groups is 1. The molecule has 2 amide bonds. The van der Waals surface area contributed by atoms with Gasteiger partial charge in [-0.2, -0.15) is 18.2 Å². The molecule has 1 aromatic carbocycles. The lowest BCUT2D eigenvalue weighted by Crippen LogP contribution is -2.44. The van der Waals surface area contributed by atoms with E-state index in [1.165, 1.54) is 12.1 Å². The zero-order chi connectivity index (χ0) is 23.6. The highest BCUT2D eigenvalue weighted by molar-refractivity contribution is 5.98. The molecule has 0 saturated carbocycles. The molecule has 1 saturated heterocycles. The van der Waals surface area contributed by atoms with Gasteiger partial charge in [0.25, 0.3) is 12.2 Å². The zero-order valence-corrected chi connectivity index (χ0v) is 17.7. The maximum atomic E-state index is 13.2. The lowest BCUT2D eigenvalue weighted by molar-refractivity contribution is -0.145. The molecule has 170 valence electrons. The number of isocyanates is 1. The molecule has 1 aromatic rings. The molecule has 1 aliphatic heterocycles. The molecule has 2 atom stereocenters. The Hall–Kier alpha value is -2.91. The van der Waals surface area contributed by atoms with Gasteiger partial charge in [-0.15, -0.1) is 0 Å². The van der Waals surface area contributed by atoms with E-state index < -0.39 is 47.3 Å². The summed E-state index contributed by atoms with van der Waals surface area (Å²) in [5.41, 5.74) is -2.76. The Bertz CT molecular complexity index is 889. The number of alkyl halides is 3. The number of ether oxygens (including phenoxy) is 2. The molecule has 2 rings (SSSR count).